The lowest BCUT2D eigenvalue weighted by Gasteiger charge is -2.18. The van der Waals surface area contributed by atoms with Gasteiger partial charge in [0.1, 0.15) is 13.2 Å². The fourth-order valence-corrected chi connectivity index (χ4v) is 6.71. The first-order valence-electron chi connectivity index (χ1n) is 26.2. The summed E-state index contributed by atoms with van der Waals surface area (Å²) in [5, 5.41) is 0. The molecule has 6 heteroatoms. The maximum atomic E-state index is 12.8. The third-order valence-corrected chi connectivity index (χ3v) is 10.6. The van der Waals surface area contributed by atoms with Crippen molar-refractivity contribution < 1.29 is 28.6 Å². The Morgan fingerprint density at radius 2 is 0.646 bits per heavy atom. The molecule has 6 nitrogen and oxygen atoms in total. The minimum Gasteiger partial charge on any atom is -0.462 e. The highest BCUT2D eigenvalue weighted by molar-refractivity contribution is 5.71. The molecule has 0 saturated carbocycles. The highest BCUT2D eigenvalue weighted by Gasteiger charge is 2.19. The van der Waals surface area contributed by atoms with Gasteiger partial charge in [-0.1, -0.05) is 232 Å². The van der Waals surface area contributed by atoms with Crippen LogP contribution < -0.4 is 0 Å². The summed E-state index contributed by atoms with van der Waals surface area (Å²) >= 11 is 0. The van der Waals surface area contributed by atoms with E-state index in [4.69, 9.17) is 14.2 Å². The number of carbonyl (C=O) groups is 3. The molecule has 0 radical (unpaired) electrons. The zero-order chi connectivity index (χ0) is 47.2. The highest BCUT2D eigenvalue weighted by Crippen LogP contribution is 2.13. The minimum absolute atomic E-state index is 0.108. The Kier molecular flexibility index (Phi) is 49.1. The van der Waals surface area contributed by atoms with Gasteiger partial charge in [0.15, 0.2) is 6.10 Å². The molecule has 1 unspecified atom stereocenters. The summed E-state index contributed by atoms with van der Waals surface area (Å²) in [4.78, 5) is 38.0. The molecule has 0 amide bonds. The van der Waals surface area contributed by atoms with Crippen molar-refractivity contribution in [3.8, 4) is 0 Å². The molecule has 0 aromatic heterocycles. The SMILES string of the molecule is CC\C=C/C=C\C=C/C=C\CCCCCCCC(=O)OC(COC(=O)CCCCC/C=C\CCCCCCCCC)COC(=O)CCCCCCC\C=C/C=C\C=C/C=C\C=C/CCC. The molecule has 0 heterocycles. The van der Waals surface area contributed by atoms with Gasteiger partial charge in [-0.15, -0.1) is 0 Å². The Balaban J connectivity index is 4.53. The number of esters is 3. The normalized spacial score (nSPS) is 13.1. The van der Waals surface area contributed by atoms with E-state index in [1.807, 2.05) is 60.8 Å². The molecule has 0 N–H and O–H groups in total. The average Bonchev–Trinajstić information content (AvgIpc) is 3.30. The van der Waals surface area contributed by atoms with Crippen LogP contribution in [0.1, 0.15) is 213 Å². The zero-order valence-corrected chi connectivity index (χ0v) is 41.7. The van der Waals surface area contributed by atoms with Gasteiger partial charge < -0.3 is 14.2 Å². The second-order valence-electron chi connectivity index (χ2n) is 16.9. The molecule has 0 aromatic rings. The second-order valence-corrected chi connectivity index (χ2v) is 16.9. The summed E-state index contributed by atoms with van der Waals surface area (Å²) in [6, 6.07) is 0. The number of allylic oxidation sites excluding steroid dienone is 20. The number of hydrogen-bond acceptors (Lipinski definition) is 6. The lowest BCUT2D eigenvalue weighted by atomic mass is 10.1. The van der Waals surface area contributed by atoms with Crippen molar-refractivity contribution in [2.24, 2.45) is 0 Å². The van der Waals surface area contributed by atoms with Crippen LogP contribution in [-0.4, -0.2) is 37.2 Å². The van der Waals surface area contributed by atoms with Crippen molar-refractivity contribution >= 4 is 17.9 Å². The van der Waals surface area contributed by atoms with Crippen LogP contribution in [0.25, 0.3) is 0 Å². The highest BCUT2D eigenvalue weighted by atomic mass is 16.6. The summed E-state index contributed by atoms with van der Waals surface area (Å²) in [5.74, 6) is -0.978. The van der Waals surface area contributed by atoms with E-state index < -0.39 is 6.10 Å². The molecule has 0 spiro atoms. The summed E-state index contributed by atoms with van der Waals surface area (Å²) < 4.78 is 16.8. The fourth-order valence-electron chi connectivity index (χ4n) is 6.71. The van der Waals surface area contributed by atoms with Crippen molar-refractivity contribution in [2.45, 2.75) is 219 Å². The molecule has 0 aliphatic carbocycles. The quantitative estimate of drug-likeness (QED) is 0.0199. The van der Waals surface area contributed by atoms with Gasteiger partial charge >= 0.3 is 17.9 Å². The Morgan fingerprint density at radius 3 is 1.06 bits per heavy atom. The molecule has 0 saturated heterocycles. The first-order valence-corrected chi connectivity index (χ1v) is 26.2. The van der Waals surface area contributed by atoms with Crippen molar-refractivity contribution in [3.05, 3.63) is 122 Å². The van der Waals surface area contributed by atoms with Gasteiger partial charge in [-0.25, -0.2) is 0 Å². The third kappa shape index (κ3) is 50.7. The van der Waals surface area contributed by atoms with E-state index in [9.17, 15) is 14.4 Å². The Morgan fingerprint density at radius 1 is 0.323 bits per heavy atom. The average molecular weight is 899 g/mol. The summed E-state index contributed by atoms with van der Waals surface area (Å²) in [5.41, 5.74) is 0. The smallest absolute Gasteiger partial charge is 0.306 e. The fraction of sp³-hybridized carbons (Fsp3) is 0.610. The van der Waals surface area contributed by atoms with Crippen LogP contribution >= 0.6 is 0 Å². The van der Waals surface area contributed by atoms with E-state index in [1.165, 1.54) is 51.4 Å². The van der Waals surface area contributed by atoms with Crippen LogP contribution in [0.15, 0.2) is 122 Å². The van der Waals surface area contributed by atoms with Crippen LogP contribution in [0.5, 0.6) is 0 Å². The summed E-state index contributed by atoms with van der Waals surface area (Å²) in [6.45, 7) is 6.34. The first-order chi connectivity index (χ1) is 32.0. The van der Waals surface area contributed by atoms with E-state index in [-0.39, 0.29) is 37.5 Å². The van der Waals surface area contributed by atoms with Crippen LogP contribution in [0.3, 0.4) is 0 Å². The third-order valence-electron chi connectivity index (χ3n) is 10.6. The van der Waals surface area contributed by atoms with E-state index in [0.29, 0.717) is 12.8 Å². The zero-order valence-electron chi connectivity index (χ0n) is 41.7. The van der Waals surface area contributed by atoms with E-state index in [0.717, 1.165) is 122 Å². The molecule has 0 bridgehead atoms. The predicted octanol–water partition coefficient (Wildman–Crippen LogP) is 17.3. The first kappa shape index (κ1) is 60.8. The minimum atomic E-state index is -0.811. The molecule has 0 fully saturated rings. The van der Waals surface area contributed by atoms with Crippen molar-refractivity contribution in [2.75, 3.05) is 13.2 Å². The standard InChI is InChI=1S/C59H94O6/c1-4-7-10-13-16-19-22-25-28-29-30-32-34-37-40-43-46-49-52-58(61)64-55-56(54-63-57(60)51-48-45-42-39-36-33-27-24-21-18-15-12-9-6-3)65-59(62)53-50-47-44-41-38-35-31-26-23-20-17-14-11-8-5-2/h8,10-11,13-14,16-17,19-20,22-23,25-26,28-33,36,56H,4-7,9,12,15,18,21,24,27,34-35,37-55H2,1-3H3/b11-8-,13-10-,17-14-,19-16-,23-20-,25-22-,29-28-,31-26-,32-30-,36-33-. The molecular formula is C59H94O6. The number of rotatable bonds is 45. The van der Waals surface area contributed by atoms with E-state index >= 15 is 0 Å². The summed E-state index contributed by atoms with van der Waals surface area (Å²) in [7, 11) is 0. The lowest BCUT2D eigenvalue weighted by Crippen LogP contribution is -2.30. The van der Waals surface area contributed by atoms with Gasteiger partial charge in [-0.2, -0.15) is 0 Å². The molecule has 0 aromatic carbocycles. The molecular weight excluding hydrogens is 805 g/mol. The number of unbranched alkanes of at least 4 members (excludes halogenated alkanes) is 21. The van der Waals surface area contributed by atoms with Gasteiger partial charge in [0.25, 0.3) is 0 Å². The monoisotopic (exact) mass is 899 g/mol. The topological polar surface area (TPSA) is 78.9 Å². The number of ether oxygens (including phenoxy) is 3. The Hall–Kier alpha value is -4.19. The van der Waals surface area contributed by atoms with E-state index in [2.05, 4.69) is 81.5 Å². The van der Waals surface area contributed by atoms with Gasteiger partial charge in [0.2, 0.25) is 0 Å². The number of hydrogen-bond donors (Lipinski definition) is 0. The van der Waals surface area contributed by atoms with Crippen molar-refractivity contribution in [1.29, 1.82) is 0 Å². The van der Waals surface area contributed by atoms with Gasteiger partial charge in [-0.05, 0) is 83.5 Å². The van der Waals surface area contributed by atoms with Crippen LogP contribution in [0, 0.1) is 0 Å². The van der Waals surface area contributed by atoms with Crippen LogP contribution in [0.4, 0.5) is 0 Å². The predicted molar refractivity (Wildman–Crippen MR) is 279 cm³/mol. The van der Waals surface area contributed by atoms with Gasteiger partial charge in [0, 0.05) is 19.3 Å². The van der Waals surface area contributed by atoms with Crippen molar-refractivity contribution in [3.63, 3.8) is 0 Å². The van der Waals surface area contributed by atoms with Crippen LogP contribution in [-0.2, 0) is 28.6 Å². The molecule has 0 aliphatic rings. The molecule has 0 aliphatic heterocycles. The molecule has 65 heavy (non-hydrogen) atoms. The lowest BCUT2D eigenvalue weighted by molar-refractivity contribution is -0.167. The molecule has 0 rings (SSSR count). The van der Waals surface area contributed by atoms with E-state index in [1.54, 1.807) is 0 Å². The Bertz CT molecular complexity index is 1400. The maximum Gasteiger partial charge on any atom is 0.306 e. The number of carbonyl (C=O) groups excluding carboxylic acids is 3. The Labute approximate surface area is 399 Å². The summed E-state index contributed by atoms with van der Waals surface area (Å²) in [6.07, 6.45) is 71.7. The molecule has 1 atom stereocenters. The van der Waals surface area contributed by atoms with Crippen LogP contribution in [0.2, 0.25) is 0 Å². The maximum absolute atomic E-state index is 12.8. The van der Waals surface area contributed by atoms with Gasteiger partial charge in [-0.3, -0.25) is 14.4 Å². The molecule has 366 valence electrons. The largest absolute Gasteiger partial charge is 0.462 e. The second kappa shape index (κ2) is 52.4. The van der Waals surface area contributed by atoms with Crippen molar-refractivity contribution in [1.82, 2.24) is 0 Å². The van der Waals surface area contributed by atoms with Gasteiger partial charge in [0.05, 0.1) is 0 Å².